The zero-order chi connectivity index (χ0) is 29.7. The number of carbonyl (C=O) groups is 1. The number of aromatic amines is 1. The number of likely N-dealkylation sites (N-methyl/N-ethyl adjacent to an activating group) is 1. The van der Waals surface area contributed by atoms with E-state index >= 15 is 0 Å². The molecule has 1 atom stereocenters. The van der Waals surface area contributed by atoms with Crippen LogP contribution in [0, 0.1) is 6.92 Å². The number of carbonyl (C=O) groups excluding carboxylic acids is 1. The summed E-state index contributed by atoms with van der Waals surface area (Å²) < 4.78 is 88.4. The van der Waals surface area contributed by atoms with E-state index in [0.717, 1.165) is 43.6 Å². The molecule has 1 unspecified atom stereocenters. The highest BCUT2D eigenvalue weighted by Gasteiger charge is 2.46. The molecule has 0 aliphatic carbocycles. The first-order valence-electron chi connectivity index (χ1n) is 13.1. The van der Waals surface area contributed by atoms with E-state index < -0.39 is 30.3 Å². The molecule has 1 aliphatic rings. The number of nitrogens with one attached hydrogen (secondary N) is 1. The van der Waals surface area contributed by atoms with Crippen LogP contribution in [0.1, 0.15) is 44.5 Å². The maximum atomic E-state index is 12.9. The minimum Gasteiger partial charge on any atom is -0.342 e. The van der Waals surface area contributed by atoms with Crippen molar-refractivity contribution in [3.63, 3.8) is 0 Å². The summed E-state index contributed by atoms with van der Waals surface area (Å²) >= 11 is 0. The number of hydrogen-bond acceptors (Lipinski definition) is 7. The number of H-pyrrole nitrogens is 1. The lowest BCUT2D eigenvalue weighted by Crippen LogP contribution is -2.40. The maximum absolute atomic E-state index is 12.9. The van der Waals surface area contributed by atoms with E-state index in [9.17, 15) is 34.8 Å². The average molecular weight is 608 g/mol. The zero-order valence-corrected chi connectivity index (χ0v) is 24.4. The number of aryl methyl sites for hydroxylation is 1. The molecular weight excluding hydrogens is 571 g/mol. The van der Waals surface area contributed by atoms with Crippen LogP contribution >= 0.6 is 0 Å². The van der Waals surface area contributed by atoms with Gasteiger partial charge in [0.25, 0.3) is 19.9 Å². The van der Waals surface area contributed by atoms with Crippen molar-refractivity contribution < 1.29 is 34.8 Å². The van der Waals surface area contributed by atoms with Gasteiger partial charge in [0.15, 0.2) is 5.03 Å². The standard InChI is InChI=1S/C25H36F3N5O5S2/c1-4-31(19(2)16-21-8-10-22(11-9-21)39(35,36)25(26,27)28)12-5-6-13-32-14-7-15-33(18-24(32)34)40(37,38)23-17-29-20(3)30-23/h8-11,17,19H,4-7,12-16,18H2,1-3H3,(H,29,30). The molecule has 0 radical (unpaired) electrons. The Morgan fingerprint density at radius 1 is 1.10 bits per heavy atom. The minimum absolute atomic E-state index is 0.0256. The number of benzene rings is 1. The van der Waals surface area contributed by atoms with Crippen molar-refractivity contribution >= 4 is 25.8 Å². The Morgan fingerprint density at radius 2 is 1.77 bits per heavy atom. The van der Waals surface area contributed by atoms with Crippen LogP contribution in [0.3, 0.4) is 0 Å². The molecule has 0 saturated carbocycles. The lowest BCUT2D eigenvalue weighted by molar-refractivity contribution is -0.130. The maximum Gasteiger partial charge on any atom is 0.501 e. The van der Waals surface area contributed by atoms with Crippen molar-refractivity contribution in [2.24, 2.45) is 0 Å². The SMILES string of the molecule is CCN(CCCCN1CCCN(S(=O)(=O)c2cnc(C)[nH]2)CC1=O)C(C)Cc1ccc(S(=O)(=O)C(F)(F)F)cc1. The van der Waals surface area contributed by atoms with Crippen molar-refractivity contribution in [2.45, 2.75) is 67.9 Å². The molecule has 3 rings (SSSR count). The van der Waals surface area contributed by atoms with Crippen LogP contribution in [0.5, 0.6) is 0 Å². The van der Waals surface area contributed by atoms with E-state index in [1.165, 1.54) is 22.6 Å². The Morgan fingerprint density at radius 3 is 2.35 bits per heavy atom. The summed E-state index contributed by atoms with van der Waals surface area (Å²) in [6.07, 6.45) is 3.83. The Bertz CT molecular complexity index is 1360. The van der Waals surface area contributed by atoms with Crippen LogP contribution in [0.25, 0.3) is 0 Å². The second kappa shape index (κ2) is 13.0. The molecule has 2 aromatic rings. The molecule has 1 aromatic heterocycles. The molecule has 224 valence electrons. The molecule has 40 heavy (non-hydrogen) atoms. The normalized spacial score (nSPS) is 16.9. The number of sulfone groups is 1. The molecular formula is C25H36F3N5O5S2. The molecule has 1 amide bonds. The van der Waals surface area contributed by atoms with E-state index in [1.54, 1.807) is 11.8 Å². The van der Waals surface area contributed by atoms with Gasteiger partial charge in [0.1, 0.15) is 5.82 Å². The first-order chi connectivity index (χ1) is 18.7. The van der Waals surface area contributed by atoms with Crippen LogP contribution in [-0.4, -0.2) is 97.6 Å². The molecule has 10 nitrogen and oxygen atoms in total. The van der Waals surface area contributed by atoms with Crippen LogP contribution in [0.4, 0.5) is 13.2 Å². The van der Waals surface area contributed by atoms with E-state index in [2.05, 4.69) is 14.9 Å². The van der Waals surface area contributed by atoms with Crippen molar-refractivity contribution in [1.29, 1.82) is 0 Å². The van der Waals surface area contributed by atoms with Gasteiger partial charge in [-0.25, -0.2) is 21.8 Å². The molecule has 0 bridgehead atoms. The molecule has 1 saturated heterocycles. The van der Waals surface area contributed by atoms with Crippen LogP contribution in [-0.2, 0) is 31.1 Å². The molecule has 1 fully saturated rings. The number of aromatic nitrogens is 2. The summed E-state index contributed by atoms with van der Waals surface area (Å²) in [6.45, 7) is 8.14. The third-order valence-electron chi connectivity index (χ3n) is 7.02. The fourth-order valence-electron chi connectivity index (χ4n) is 4.72. The van der Waals surface area contributed by atoms with Crippen molar-refractivity contribution in [1.82, 2.24) is 24.1 Å². The second-order valence-corrected chi connectivity index (χ2v) is 13.7. The fraction of sp³-hybridized carbons (Fsp3) is 0.600. The summed E-state index contributed by atoms with van der Waals surface area (Å²) in [5.41, 5.74) is -4.61. The van der Waals surface area contributed by atoms with Crippen molar-refractivity contribution in [2.75, 3.05) is 39.3 Å². The third kappa shape index (κ3) is 7.62. The number of rotatable bonds is 12. The lowest BCUT2D eigenvalue weighted by atomic mass is 10.1. The van der Waals surface area contributed by atoms with Gasteiger partial charge in [-0.3, -0.25) is 4.79 Å². The first-order valence-corrected chi connectivity index (χ1v) is 16.0. The zero-order valence-electron chi connectivity index (χ0n) is 22.8. The number of sulfonamides is 1. The van der Waals surface area contributed by atoms with Crippen LogP contribution < -0.4 is 0 Å². The summed E-state index contributed by atoms with van der Waals surface area (Å²) in [6, 6.07) is 4.85. The van der Waals surface area contributed by atoms with E-state index in [0.29, 0.717) is 31.8 Å². The number of halogens is 3. The van der Waals surface area contributed by atoms with Gasteiger partial charge in [-0.1, -0.05) is 19.1 Å². The quantitative estimate of drug-likeness (QED) is 0.368. The van der Waals surface area contributed by atoms with E-state index in [1.807, 2.05) is 13.8 Å². The smallest absolute Gasteiger partial charge is 0.342 e. The van der Waals surface area contributed by atoms with E-state index in [-0.39, 0.29) is 30.1 Å². The fourth-order valence-corrected chi connectivity index (χ4v) is 6.87. The first kappa shape index (κ1) is 32.0. The number of imidazole rings is 1. The van der Waals surface area contributed by atoms with Gasteiger partial charge in [-0.15, -0.1) is 0 Å². The Labute approximate surface area is 233 Å². The van der Waals surface area contributed by atoms with Gasteiger partial charge >= 0.3 is 5.51 Å². The highest BCUT2D eigenvalue weighted by Crippen LogP contribution is 2.30. The topological polar surface area (TPSA) is 124 Å². The highest BCUT2D eigenvalue weighted by molar-refractivity contribution is 7.92. The van der Waals surface area contributed by atoms with Gasteiger partial charge in [-0.2, -0.15) is 17.5 Å². The Balaban J connectivity index is 1.48. The van der Waals surface area contributed by atoms with Gasteiger partial charge in [0, 0.05) is 25.7 Å². The van der Waals surface area contributed by atoms with Crippen LogP contribution in [0.2, 0.25) is 0 Å². The van der Waals surface area contributed by atoms with Crippen LogP contribution in [0.15, 0.2) is 40.4 Å². The molecule has 15 heteroatoms. The largest absolute Gasteiger partial charge is 0.501 e. The number of alkyl halides is 3. The minimum atomic E-state index is -5.37. The van der Waals surface area contributed by atoms with Gasteiger partial charge in [0.2, 0.25) is 5.91 Å². The number of unbranched alkanes of at least 4 members (excludes halogenated alkanes) is 1. The number of amides is 1. The Hall–Kier alpha value is -2.49. The molecule has 0 spiro atoms. The molecule has 1 aliphatic heterocycles. The number of hydrogen-bond donors (Lipinski definition) is 1. The second-order valence-electron chi connectivity index (χ2n) is 9.89. The highest BCUT2D eigenvalue weighted by atomic mass is 32.2. The monoisotopic (exact) mass is 607 g/mol. The van der Waals surface area contributed by atoms with Gasteiger partial charge < -0.3 is 14.8 Å². The Kier molecular flexibility index (Phi) is 10.4. The van der Waals surface area contributed by atoms with Crippen molar-refractivity contribution in [3.8, 4) is 0 Å². The van der Waals surface area contributed by atoms with Crippen molar-refractivity contribution in [3.05, 3.63) is 41.9 Å². The van der Waals surface area contributed by atoms with Gasteiger partial charge in [0.05, 0.1) is 17.6 Å². The predicted molar refractivity (Wildman–Crippen MR) is 143 cm³/mol. The molecule has 1 N–H and O–H groups in total. The average Bonchev–Trinajstić information content (AvgIpc) is 3.24. The molecule has 1 aromatic carbocycles. The predicted octanol–water partition coefficient (Wildman–Crippen LogP) is 2.97. The summed E-state index contributed by atoms with van der Waals surface area (Å²) in [5.74, 6) is 0.236. The summed E-state index contributed by atoms with van der Waals surface area (Å²) in [5, 5.41) is -0.0256. The van der Waals surface area contributed by atoms with Gasteiger partial charge in [-0.05, 0) is 70.3 Å². The summed E-state index contributed by atoms with van der Waals surface area (Å²) in [4.78, 5) is 22.6. The van der Waals surface area contributed by atoms with E-state index in [4.69, 9.17) is 0 Å². The lowest BCUT2D eigenvalue weighted by Gasteiger charge is -2.28. The summed E-state index contributed by atoms with van der Waals surface area (Å²) in [7, 11) is -9.20. The third-order valence-corrected chi connectivity index (χ3v) is 10.3. The molecule has 2 heterocycles. The number of nitrogens with zero attached hydrogens (tertiary/aromatic N) is 4.